The van der Waals surface area contributed by atoms with E-state index in [2.05, 4.69) is 4.98 Å². The molecule has 0 atom stereocenters. The number of benzene rings is 5. The molecule has 212 valence electrons. The Morgan fingerprint density at radius 3 is 1.81 bits per heavy atom. The van der Waals surface area contributed by atoms with Gasteiger partial charge < -0.3 is 14.6 Å². The lowest BCUT2D eigenvalue weighted by atomic mass is 9.96. The smallest absolute Gasteiger partial charge is 0.354 e. The predicted octanol–water partition coefficient (Wildman–Crippen LogP) is 8.49. The fourth-order valence-electron chi connectivity index (χ4n) is 5.04. The van der Waals surface area contributed by atoms with E-state index < -0.39 is 5.97 Å². The summed E-state index contributed by atoms with van der Waals surface area (Å²) in [6.07, 6.45) is 0.302. The number of pyridine rings is 1. The Kier molecular flexibility index (Phi) is 8.09. The van der Waals surface area contributed by atoms with Crippen LogP contribution in [0, 0.1) is 5.82 Å². The zero-order chi connectivity index (χ0) is 29.6. The minimum absolute atomic E-state index is 0.0986. The Morgan fingerprint density at radius 2 is 1.23 bits per heavy atom. The van der Waals surface area contributed by atoms with Gasteiger partial charge in [0.15, 0.2) is 5.69 Å². The second-order valence-corrected chi connectivity index (χ2v) is 10.2. The van der Waals surface area contributed by atoms with Crippen molar-refractivity contribution < 1.29 is 23.8 Å². The third-order valence-corrected chi connectivity index (χ3v) is 7.17. The van der Waals surface area contributed by atoms with Gasteiger partial charge in [0.1, 0.15) is 36.0 Å². The highest BCUT2D eigenvalue weighted by atomic mass is 19.1. The molecule has 0 radical (unpaired) electrons. The third-order valence-electron chi connectivity index (χ3n) is 7.17. The number of rotatable bonds is 10. The molecule has 1 N–H and O–H groups in total. The van der Waals surface area contributed by atoms with E-state index in [-0.39, 0.29) is 24.7 Å². The maximum atomic E-state index is 13.8. The van der Waals surface area contributed by atoms with Gasteiger partial charge in [-0.3, -0.25) is 0 Å². The highest BCUT2D eigenvalue weighted by Crippen LogP contribution is 2.41. The Bertz CT molecular complexity index is 1860. The highest BCUT2D eigenvalue weighted by molar-refractivity contribution is 6.00. The highest BCUT2D eigenvalue weighted by Gasteiger charge is 2.24. The normalized spacial score (nSPS) is 10.9. The number of carboxylic acids is 1. The van der Waals surface area contributed by atoms with Crippen molar-refractivity contribution in [2.45, 2.75) is 19.6 Å². The average molecular weight is 570 g/mol. The van der Waals surface area contributed by atoms with Crippen molar-refractivity contribution >= 4 is 16.9 Å². The minimum Gasteiger partial charge on any atom is -0.488 e. The Balaban J connectivity index is 1.58. The molecule has 0 saturated carbocycles. The van der Waals surface area contributed by atoms with Gasteiger partial charge in [-0.2, -0.15) is 0 Å². The largest absolute Gasteiger partial charge is 0.488 e. The summed E-state index contributed by atoms with van der Waals surface area (Å²) < 4.78 is 26.7. The van der Waals surface area contributed by atoms with E-state index in [0.29, 0.717) is 34.4 Å². The van der Waals surface area contributed by atoms with Crippen LogP contribution in [0.4, 0.5) is 4.39 Å². The standard InChI is InChI=1S/C37H28FNO4/c38-30-18-16-28(17-19-30)29-21-32-34(33(22-29)42-23-26-12-6-2-7-13-26)39-35(37(40)41)31(20-25-10-4-1-5-11-25)36(32)43-24-27-14-8-3-9-15-27/h1-19,21-22H,20,23-24H2,(H,40,41). The molecule has 6 heteroatoms. The lowest BCUT2D eigenvalue weighted by molar-refractivity contribution is 0.0689. The first-order chi connectivity index (χ1) is 21.0. The van der Waals surface area contributed by atoms with Crippen molar-refractivity contribution in [3.05, 3.63) is 161 Å². The quantitative estimate of drug-likeness (QED) is 0.179. The number of carboxylic acid groups (broad SMARTS) is 1. The molecule has 0 aliphatic heterocycles. The number of hydrogen-bond donors (Lipinski definition) is 1. The van der Waals surface area contributed by atoms with E-state index in [9.17, 15) is 14.3 Å². The summed E-state index contributed by atoms with van der Waals surface area (Å²) in [5, 5.41) is 11.0. The van der Waals surface area contributed by atoms with Crippen LogP contribution in [0.2, 0.25) is 0 Å². The molecule has 5 nitrogen and oxygen atoms in total. The zero-order valence-electron chi connectivity index (χ0n) is 23.2. The Hall–Kier alpha value is -5.49. The predicted molar refractivity (Wildman–Crippen MR) is 165 cm³/mol. The van der Waals surface area contributed by atoms with Gasteiger partial charge in [-0.15, -0.1) is 0 Å². The van der Waals surface area contributed by atoms with E-state index in [4.69, 9.17) is 9.47 Å². The van der Waals surface area contributed by atoms with E-state index in [1.165, 1.54) is 12.1 Å². The summed E-state index contributed by atoms with van der Waals surface area (Å²) in [5.74, 6) is -0.675. The van der Waals surface area contributed by atoms with Gasteiger partial charge in [-0.05, 0) is 52.1 Å². The van der Waals surface area contributed by atoms with Crippen LogP contribution in [0.25, 0.3) is 22.0 Å². The molecule has 0 spiro atoms. The summed E-state index contributed by atoms with van der Waals surface area (Å²) in [5.41, 5.74) is 5.08. The van der Waals surface area contributed by atoms with Gasteiger partial charge in [0.05, 0.1) is 0 Å². The molecule has 0 saturated heterocycles. The van der Waals surface area contributed by atoms with Crippen LogP contribution in [0.1, 0.15) is 32.7 Å². The van der Waals surface area contributed by atoms with Crippen LogP contribution in [-0.2, 0) is 19.6 Å². The summed E-state index contributed by atoms with van der Waals surface area (Å²) in [6, 6.07) is 39.0. The molecule has 0 amide bonds. The first-order valence-corrected chi connectivity index (χ1v) is 13.9. The monoisotopic (exact) mass is 569 g/mol. The second-order valence-electron chi connectivity index (χ2n) is 10.2. The summed E-state index contributed by atoms with van der Waals surface area (Å²) in [4.78, 5) is 17.4. The number of fused-ring (bicyclic) bond motifs is 1. The number of halogens is 1. The van der Waals surface area contributed by atoms with E-state index >= 15 is 0 Å². The second kappa shape index (κ2) is 12.6. The van der Waals surface area contributed by atoms with Crippen molar-refractivity contribution in [1.82, 2.24) is 4.98 Å². The topological polar surface area (TPSA) is 68.7 Å². The van der Waals surface area contributed by atoms with Crippen molar-refractivity contribution in [2.24, 2.45) is 0 Å². The molecule has 0 aliphatic carbocycles. The van der Waals surface area contributed by atoms with Gasteiger partial charge in [-0.25, -0.2) is 14.2 Å². The number of carbonyl (C=O) groups is 1. The van der Waals surface area contributed by atoms with Crippen LogP contribution in [0.3, 0.4) is 0 Å². The molecule has 0 unspecified atom stereocenters. The first-order valence-electron chi connectivity index (χ1n) is 13.9. The van der Waals surface area contributed by atoms with Gasteiger partial charge in [0.2, 0.25) is 0 Å². The number of aromatic carboxylic acids is 1. The van der Waals surface area contributed by atoms with Crippen LogP contribution in [0.15, 0.2) is 127 Å². The Labute approximate surface area is 248 Å². The van der Waals surface area contributed by atoms with Gasteiger partial charge in [0.25, 0.3) is 0 Å². The van der Waals surface area contributed by atoms with Crippen LogP contribution in [0.5, 0.6) is 11.5 Å². The fourth-order valence-corrected chi connectivity index (χ4v) is 5.04. The van der Waals surface area contributed by atoms with Gasteiger partial charge in [0, 0.05) is 17.4 Å². The SMILES string of the molecule is O=C(O)c1nc2c(OCc3ccccc3)cc(-c3ccc(F)cc3)cc2c(OCc2ccccc2)c1Cc1ccccc1. The van der Waals surface area contributed by atoms with Crippen molar-refractivity contribution in [3.63, 3.8) is 0 Å². The summed E-state index contributed by atoms with van der Waals surface area (Å²) in [6.45, 7) is 0.473. The zero-order valence-corrected chi connectivity index (χ0v) is 23.2. The number of hydrogen-bond acceptors (Lipinski definition) is 4. The molecule has 43 heavy (non-hydrogen) atoms. The van der Waals surface area contributed by atoms with Crippen molar-refractivity contribution in [1.29, 1.82) is 0 Å². The molecule has 1 heterocycles. The van der Waals surface area contributed by atoms with Crippen LogP contribution < -0.4 is 9.47 Å². The average Bonchev–Trinajstić information content (AvgIpc) is 3.04. The van der Waals surface area contributed by atoms with Gasteiger partial charge in [-0.1, -0.05) is 103 Å². The number of nitrogens with zero attached hydrogens (tertiary/aromatic N) is 1. The maximum absolute atomic E-state index is 13.8. The maximum Gasteiger partial charge on any atom is 0.354 e. The van der Waals surface area contributed by atoms with E-state index in [1.807, 2.05) is 103 Å². The lowest BCUT2D eigenvalue weighted by Gasteiger charge is -2.19. The molecule has 0 fully saturated rings. The van der Waals surface area contributed by atoms with Crippen molar-refractivity contribution in [2.75, 3.05) is 0 Å². The molecule has 6 rings (SSSR count). The molecule has 0 bridgehead atoms. The van der Waals surface area contributed by atoms with Crippen LogP contribution in [-0.4, -0.2) is 16.1 Å². The molecule has 0 aliphatic rings. The fraction of sp³-hybridized carbons (Fsp3) is 0.0811. The molecule has 5 aromatic carbocycles. The number of ether oxygens (including phenoxy) is 2. The van der Waals surface area contributed by atoms with E-state index in [1.54, 1.807) is 12.1 Å². The minimum atomic E-state index is -1.16. The molecule has 1 aromatic heterocycles. The number of aromatic nitrogens is 1. The third kappa shape index (κ3) is 6.39. The first kappa shape index (κ1) is 27.7. The molecular formula is C37H28FNO4. The van der Waals surface area contributed by atoms with Crippen molar-refractivity contribution in [3.8, 4) is 22.6 Å². The molecule has 6 aromatic rings. The lowest BCUT2D eigenvalue weighted by Crippen LogP contribution is -2.11. The summed E-state index contributed by atoms with van der Waals surface area (Å²) in [7, 11) is 0. The molecular weight excluding hydrogens is 541 g/mol. The van der Waals surface area contributed by atoms with Gasteiger partial charge >= 0.3 is 5.97 Å². The van der Waals surface area contributed by atoms with E-state index in [0.717, 1.165) is 27.8 Å². The Morgan fingerprint density at radius 1 is 0.674 bits per heavy atom. The van der Waals surface area contributed by atoms with Crippen LogP contribution >= 0.6 is 0 Å². The summed E-state index contributed by atoms with van der Waals surface area (Å²) >= 11 is 0.